The summed E-state index contributed by atoms with van der Waals surface area (Å²) in [4.78, 5) is 14.6. The molecule has 0 saturated carbocycles. The van der Waals surface area contributed by atoms with Gasteiger partial charge in [0.2, 0.25) is 0 Å². The zero-order valence-electron chi connectivity index (χ0n) is 20.3. The predicted octanol–water partition coefficient (Wildman–Crippen LogP) is 4.63. The molecule has 7 nitrogen and oxygen atoms in total. The number of pyridine rings is 1. The van der Waals surface area contributed by atoms with E-state index in [1.54, 1.807) is 12.1 Å². The van der Waals surface area contributed by atoms with Gasteiger partial charge in [0.05, 0.1) is 5.69 Å². The molecular formula is C28H30FN7. The Morgan fingerprint density at radius 1 is 0.917 bits per heavy atom. The summed E-state index contributed by atoms with van der Waals surface area (Å²) < 4.78 is 15.7. The number of hydrogen-bond acceptors (Lipinski definition) is 6. The van der Waals surface area contributed by atoms with E-state index in [-0.39, 0.29) is 5.82 Å². The van der Waals surface area contributed by atoms with Crippen molar-refractivity contribution in [3.05, 3.63) is 60.0 Å². The molecule has 0 spiro atoms. The summed E-state index contributed by atoms with van der Waals surface area (Å²) in [5, 5.41) is 8.52. The standard InChI is InChI=1S/C28H30FN7/c29-20-5-3-19(4-6-20)26-27(22-9-13-30-28-23(22)10-14-31-28)36-24(32-26)7-8-25(33-36)35-17-11-21(12-18-35)34-15-1-2-16-34/h3-9,13,21H,1-2,10-12,14-18H2,(H,30,31). The maximum absolute atomic E-state index is 13.7. The average molecular weight is 484 g/mol. The third kappa shape index (κ3) is 3.71. The van der Waals surface area contributed by atoms with Crippen molar-refractivity contribution in [2.24, 2.45) is 0 Å². The van der Waals surface area contributed by atoms with Crippen LogP contribution in [-0.2, 0) is 6.42 Å². The van der Waals surface area contributed by atoms with Gasteiger partial charge in [-0.15, -0.1) is 5.10 Å². The van der Waals surface area contributed by atoms with Crippen LogP contribution in [0.15, 0.2) is 48.7 Å². The number of fused-ring (bicyclic) bond motifs is 2. The fraction of sp³-hybridized carbons (Fsp3) is 0.393. The Hall–Kier alpha value is -3.52. The van der Waals surface area contributed by atoms with Crippen molar-refractivity contribution in [2.45, 2.75) is 38.1 Å². The van der Waals surface area contributed by atoms with Gasteiger partial charge in [0.25, 0.3) is 0 Å². The number of nitrogens with one attached hydrogen (secondary N) is 1. The molecule has 2 fully saturated rings. The number of anilines is 2. The predicted molar refractivity (Wildman–Crippen MR) is 140 cm³/mol. The summed E-state index contributed by atoms with van der Waals surface area (Å²) in [6.07, 6.45) is 7.78. The number of piperidine rings is 1. The Labute approximate surface area is 210 Å². The lowest BCUT2D eigenvalue weighted by atomic mass is 10.0. The number of likely N-dealkylation sites (tertiary alicyclic amines) is 1. The summed E-state index contributed by atoms with van der Waals surface area (Å²) >= 11 is 0. The lowest BCUT2D eigenvalue weighted by Crippen LogP contribution is -2.44. The molecule has 3 aromatic heterocycles. The van der Waals surface area contributed by atoms with E-state index in [1.165, 1.54) is 56.5 Å². The van der Waals surface area contributed by atoms with E-state index in [2.05, 4.69) is 38.3 Å². The summed E-state index contributed by atoms with van der Waals surface area (Å²) in [5.74, 6) is 1.65. The Bertz CT molecular complexity index is 1400. The van der Waals surface area contributed by atoms with Crippen molar-refractivity contribution >= 4 is 17.3 Å². The van der Waals surface area contributed by atoms with Gasteiger partial charge in [-0.2, -0.15) is 0 Å². The van der Waals surface area contributed by atoms with Gasteiger partial charge in [-0.1, -0.05) is 0 Å². The third-order valence-electron chi connectivity index (χ3n) is 8.00. The summed E-state index contributed by atoms with van der Waals surface area (Å²) in [6.45, 7) is 5.41. The molecular weight excluding hydrogens is 453 g/mol. The Kier molecular flexibility index (Phi) is 5.34. The van der Waals surface area contributed by atoms with Crippen molar-refractivity contribution in [2.75, 3.05) is 42.9 Å². The van der Waals surface area contributed by atoms with E-state index in [4.69, 9.17) is 10.1 Å². The van der Waals surface area contributed by atoms with Gasteiger partial charge in [-0.05, 0) is 87.7 Å². The van der Waals surface area contributed by atoms with Gasteiger partial charge in [0, 0.05) is 48.6 Å². The first-order valence-electron chi connectivity index (χ1n) is 13.1. The lowest BCUT2D eigenvalue weighted by molar-refractivity contribution is 0.207. The van der Waals surface area contributed by atoms with E-state index in [9.17, 15) is 4.39 Å². The van der Waals surface area contributed by atoms with E-state index in [0.717, 1.165) is 65.9 Å². The number of benzene rings is 1. The van der Waals surface area contributed by atoms with E-state index in [0.29, 0.717) is 6.04 Å². The molecule has 1 aromatic carbocycles. The van der Waals surface area contributed by atoms with Crippen LogP contribution in [0.25, 0.3) is 28.2 Å². The van der Waals surface area contributed by atoms with Crippen LogP contribution in [0.4, 0.5) is 16.0 Å². The van der Waals surface area contributed by atoms with Crippen molar-refractivity contribution in [1.29, 1.82) is 0 Å². The summed E-state index contributed by atoms with van der Waals surface area (Å²) in [7, 11) is 0. The normalized spacial score (nSPS) is 18.6. The molecule has 2 saturated heterocycles. The molecule has 7 rings (SSSR count). The van der Waals surface area contributed by atoms with Gasteiger partial charge < -0.3 is 15.1 Å². The highest BCUT2D eigenvalue weighted by molar-refractivity contribution is 5.85. The van der Waals surface area contributed by atoms with Crippen LogP contribution in [-0.4, -0.2) is 63.2 Å². The van der Waals surface area contributed by atoms with Crippen LogP contribution in [0, 0.1) is 5.82 Å². The first-order valence-corrected chi connectivity index (χ1v) is 13.1. The molecule has 3 aliphatic rings. The maximum Gasteiger partial charge on any atom is 0.155 e. The molecule has 3 aliphatic heterocycles. The molecule has 0 unspecified atom stereocenters. The van der Waals surface area contributed by atoms with Crippen molar-refractivity contribution in [1.82, 2.24) is 24.5 Å². The molecule has 0 bridgehead atoms. The first kappa shape index (κ1) is 21.7. The van der Waals surface area contributed by atoms with Gasteiger partial charge in [0.15, 0.2) is 5.65 Å². The smallest absolute Gasteiger partial charge is 0.155 e. The number of aromatic nitrogens is 4. The largest absolute Gasteiger partial charge is 0.369 e. The molecule has 6 heterocycles. The SMILES string of the molecule is Fc1ccc(-c2nc3ccc(N4CCC(N5CCCC5)CC4)nn3c2-c2ccnc3c2CCN3)cc1. The minimum absolute atomic E-state index is 0.254. The second-order valence-electron chi connectivity index (χ2n) is 10.1. The van der Waals surface area contributed by atoms with Crippen molar-refractivity contribution < 1.29 is 4.39 Å². The highest BCUT2D eigenvalue weighted by Crippen LogP contribution is 2.38. The molecule has 0 atom stereocenters. The Morgan fingerprint density at radius 3 is 2.53 bits per heavy atom. The average Bonchev–Trinajstić information content (AvgIpc) is 3.69. The van der Waals surface area contributed by atoms with Crippen LogP contribution in [0.1, 0.15) is 31.2 Å². The van der Waals surface area contributed by atoms with Crippen molar-refractivity contribution in [3.8, 4) is 22.5 Å². The third-order valence-corrected chi connectivity index (χ3v) is 8.00. The van der Waals surface area contributed by atoms with Gasteiger partial charge in [-0.25, -0.2) is 18.9 Å². The Morgan fingerprint density at radius 2 is 1.72 bits per heavy atom. The number of nitrogens with zero attached hydrogens (tertiary/aromatic N) is 6. The van der Waals surface area contributed by atoms with Gasteiger partial charge in [0.1, 0.15) is 23.1 Å². The van der Waals surface area contributed by atoms with Gasteiger partial charge in [-0.3, -0.25) is 0 Å². The Balaban J connectivity index is 1.31. The molecule has 0 amide bonds. The molecule has 0 radical (unpaired) electrons. The number of imidazole rings is 1. The summed E-state index contributed by atoms with van der Waals surface area (Å²) in [6, 6.07) is 13.5. The molecule has 36 heavy (non-hydrogen) atoms. The second-order valence-corrected chi connectivity index (χ2v) is 10.1. The first-order chi connectivity index (χ1) is 17.7. The van der Waals surface area contributed by atoms with Gasteiger partial charge >= 0.3 is 0 Å². The summed E-state index contributed by atoms with van der Waals surface area (Å²) in [5.41, 5.74) is 5.67. The molecule has 4 aromatic rings. The van der Waals surface area contributed by atoms with E-state index >= 15 is 0 Å². The quantitative estimate of drug-likeness (QED) is 0.457. The van der Waals surface area contributed by atoms with Crippen LogP contribution in [0.3, 0.4) is 0 Å². The van der Waals surface area contributed by atoms with Crippen LogP contribution in [0.2, 0.25) is 0 Å². The number of rotatable bonds is 4. The second kappa shape index (κ2) is 8.85. The fourth-order valence-corrected chi connectivity index (χ4v) is 6.14. The monoisotopic (exact) mass is 483 g/mol. The van der Waals surface area contributed by atoms with E-state index < -0.39 is 0 Å². The highest BCUT2D eigenvalue weighted by Gasteiger charge is 2.28. The van der Waals surface area contributed by atoms with E-state index in [1.807, 2.05) is 10.7 Å². The zero-order valence-corrected chi connectivity index (χ0v) is 20.3. The molecule has 1 N–H and O–H groups in total. The van der Waals surface area contributed by atoms with Crippen LogP contribution < -0.4 is 10.2 Å². The highest BCUT2D eigenvalue weighted by atomic mass is 19.1. The molecule has 184 valence electrons. The molecule has 8 heteroatoms. The lowest BCUT2D eigenvalue weighted by Gasteiger charge is -2.37. The number of hydrogen-bond donors (Lipinski definition) is 1. The fourth-order valence-electron chi connectivity index (χ4n) is 6.14. The minimum atomic E-state index is -0.254. The maximum atomic E-state index is 13.7. The zero-order chi connectivity index (χ0) is 24.1. The van der Waals surface area contributed by atoms with Crippen LogP contribution >= 0.6 is 0 Å². The van der Waals surface area contributed by atoms with Crippen molar-refractivity contribution in [3.63, 3.8) is 0 Å². The van der Waals surface area contributed by atoms with Crippen LogP contribution in [0.5, 0.6) is 0 Å². The molecule has 0 aliphatic carbocycles. The number of halogens is 1. The topological polar surface area (TPSA) is 61.6 Å². The minimum Gasteiger partial charge on any atom is -0.369 e.